The van der Waals surface area contributed by atoms with Crippen LogP contribution in [0, 0.1) is 13.8 Å². The standard InChI is InChI=1S/C16H23N5O2S/c1-11-8-12(2)19-15(18-11)21-7-5-6-16(3,10-21)14-13(9-17-20-14)24(4,22)23/h8-9H,5-7,10H2,1-4H3,(H,17,20). The fourth-order valence-electron chi connectivity index (χ4n) is 3.45. The average molecular weight is 349 g/mol. The number of rotatable bonds is 3. The number of aryl methyl sites for hydroxylation is 2. The van der Waals surface area contributed by atoms with E-state index < -0.39 is 9.84 Å². The number of nitrogens with zero attached hydrogens (tertiary/aromatic N) is 4. The van der Waals surface area contributed by atoms with Crippen molar-refractivity contribution in [1.82, 2.24) is 20.2 Å². The number of piperidine rings is 1. The van der Waals surface area contributed by atoms with Gasteiger partial charge < -0.3 is 4.90 Å². The number of sulfone groups is 1. The highest BCUT2D eigenvalue weighted by Gasteiger charge is 2.38. The zero-order chi connectivity index (χ0) is 17.5. The topological polar surface area (TPSA) is 91.8 Å². The van der Waals surface area contributed by atoms with Gasteiger partial charge in [0.25, 0.3) is 0 Å². The molecule has 8 heteroatoms. The molecule has 7 nitrogen and oxygen atoms in total. The molecule has 3 heterocycles. The SMILES string of the molecule is Cc1cc(C)nc(N2CCCC(C)(c3[nH]ncc3S(C)(=O)=O)C2)n1. The zero-order valence-corrected chi connectivity index (χ0v) is 15.3. The Morgan fingerprint density at radius 3 is 2.54 bits per heavy atom. The van der Waals surface area contributed by atoms with E-state index in [1.807, 2.05) is 19.9 Å². The summed E-state index contributed by atoms with van der Waals surface area (Å²) in [4.78, 5) is 11.5. The summed E-state index contributed by atoms with van der Waals surface area (Å²) in [6, 6.07) is 1.95. The van der Waals surface area contributed by atoms with Gasteiger partial charge >= 0.3 is 0 Å². The molecule has 130 valence electrons. The van der Waals surface area contributed by atoms with Crippen LogP contribution in [0.25, 0.3) is 0 Å². The van der Waals surface area contributed by atoms with Crippen LogP contribution >= 0.6 is 0 Å². The summed E-state index contributed by atoms with van der Waals surface area (Å²) in [6.07, 6.45) is 4.45. The van der Waals surface area contributed by atoms with Crippen molar-refractivity contribution < 1.29 is 8.42 Å². The molecule has 24 heavy (non-hydrogen) atoms. The summed E-state index contributed by atoms with van der Waals surface area (Å²) in [6.45, 7) is 7.50. The molecule has 0 spiro atoms. The third-order valence-electron chi connectivity index (χ3n) is 4.56. The first-order valence-corrected chi connectivity index (χ1v) is 9.89. The van der Waals surface area contributed by atoms with Gasteiger partial charge in [-0.1, -0.05) is 6.92 Å². The van der Waals surface area contributed by atoms with E-state index in [0.717, 1.165) is 30.8 Å². The molecule has 1 aliphatic heterocycles. The number of aromatic nitrogens is 4. The summed E-state index contributed by atoms with van der Waals surface area (Å²) >= 11 is 0. The molecule has 0 saturated carbocycles. The first kappa shape index (κ1) is 16.9. The summed E-state index contributed by atoms with van der Waals surface area (Å²) in [5.41, 5.74) is 2.21. The lowest BCUT2D eigenvalue weighted by atomic mass is 9.79. The van der Waals surface area contributed by atoms with E-state index >= 15 is 0 Å². The van der Waals surface area contributed by atoms with Gasteiger partial charge in [0, 0.05) is 36.1 Å². The molecule has 0 aromatic carbocycles. The second kappa shape index (κ2) is 5.84. The molecule has 1 atom stereocenters. The predicted octanol–water partition coefficient (Wildman–Crippen LogP) is 1.78. The number of H-pyrrole nitrogens is 1. The lowest BCUT2D eigenvalue weighted by molar-refractivity contribution is 0.355. The van der Waals surface area contributed by atoms with E-state index in [9.17, 15) is 8.42 Å². The minimum Gasteiger partial charge on any atom is -0.340 e. The Hall–Kier alpha value is -1.96. The molecule has 2 aromatic rings. The average Bonchev–Trinajstić information content (AvgIpc) is 2.96. The van der Waals surface area contributed by atoms with Crippen LogP contribution in [0.3, 0.4) is 0 Å². The van der Waals surface area contributed by atoms with Gasteiger partial charge in [0.15, 0.2) is 9.84 Å². The molecule has 0 aliphatic carbocycles. The first-order chi connectivity index (χ1) is 11.2. The van der Waals surface area contributed by atoms with Gasteiger partial charge in [-0.2, -0.15) is 5.10 Å². The van der Waals surface area contributed by atoms with Crippen molar-refractivity contribution in [3.63, 3.8) is 0 Å². The summed E-state index contributed by atoms with van der Waals surface area (Å²) in [7, 11) is -3.32. The van der Waals surface area contributed by atoms with Crippen molar-refractivity contribution in [2.45, 2.75) is 43.9 Å². The minimum atomic E-state index is -3.32. The maximum absolute atomic E-state index is 12.0. The van der Waals surface area contributed by atoms with Gasteiger partial charge in [-0.25, -0.2) is 18.4 Å². The minimum absolute atomic E-state index is 0.285. The monoisotopic (exact) mass is 349 g/mol. The number of hydrogen-bond acceptors (Lipinski definition) is 6. The molecule has 1 fully saturated rings. The van der Waals surface area contributed by atoms with E-state index in [-0.39, 0.29) is 10.3 Å². The number of nitrogens with one attached hydrogen (secondary N) is 1. The predicted molar refractivity (Wildman–Crippen MR) is 92.0 cm³/mol. The zero-order valence-electron chi connectivity index (χ0n) is 14.5. The van der Waals surface area contributed by atoms with Crippen molar-refractivity contribution in [1.29, 1.82) is 0 Å². The summed E-state index contributed by atoms with van der Waals surface area (Å²) < 4.78 is 24.1. The second-order valence-electron chi connectivity index (χ2n) is 6.92. The van der Waals surface area contributed by atoms with Crippen molar-refractivity contribution >= 4 is 15.8 Å². The van der Waals surface area contributed by atoms with Crippen LogP contribution < -0.4 is 4.90 Å². The Labute approximate surface area is 142 Å². The van der Waals surface area contributed by atoms with Crippen LogP contribution in [-0.2, 0) is 15.3 Å². The molecule has 0 amide bonds. The van der Waals surface area contributed by atoms with Crippen LogP contribution in [0.15, 0.2) is 17.2 Å². The molecule has 1 N–H and O–H groups in total. The van der Waals surface area contributed by atoms with Gasteiger partial charge in [-0.3, -0.25) is 5.10 Å². The fraction of sp³-hybridized carbons (Fsp3) is 0.562. The van der Waals surface area contributed by atoms with Gasteiger partial charge in [0.05, 0.1) is 11.9 Å². The fourth-order valence-corrected chi connectivity index (χ4v) is 4.36. The Bertz CT molecular complexity index is 841. The van der Waals surface area contributed by atoms with Gasteiger partial charge in [0.2, 0.25) is 5.95 Å². The normalized spacial score (nSPS) is 21.9. The van der Waals surface area contributed by atoms with Crippen LogP contribution in [0.2, 0.25) is 0 Å². The van der Waals surface area contributed by atoms with Crippen molar-refractivity contribution in [3.05, 3.63) is 29.3 Å². The van der Waals surface area contributed by atoms with Crippen LogP contribution in [0.4, 0.5) is 5.95 Å². The van der Waals surface area contributed by atoms with Crippen molar-refractivity contribution in [3.8, 4) is 0 Å². The molecule has 1 saturated heterocycles. The molecule has 1 aliphatic rings. The Kier molecular flexibility index (Phi) is 4.11. The molecule has 1 unspecified atom stereocenters. The third-order valence-corrected chi connectivity index (χ3v) is 5.67. The van der Waals surface area contributed by atoms with E-state index in [1.54, 1.807) is 0 Å². The Morgan fingerprint density at radius 1 is 1.25 bits per heavy atom. The van der Waals surface area contributed by atoms with E-state index in [4.69, 9.17) is 0 Å². The largest absolute Gasteiger partial charge is 0.340 e. The quantitative estimate of drug-likeness (QED) is 0.908. The Morgan fingerprint density at radius 2 is 1.92 bits per heavy atom. The van der Waals surface area contributed by atoms with Gasteiger partial charge in [-0.05, 0) is 32.8 Å². The smallest absolute Gasteiger partial charge is 0.225 e. The molecule has 2 aromatic heterocycles. The maximum Gasteiger partial charge on any atom is 0.225 e. The highest BCUT2D eigenvalue weighted by molar-refractivity contribution is 7.90. The molecule has 0 bridgehead atoms. The number of aromatic amines is 1. The Balaban J connectivity index is 1.97. The number of anilines is 1. The molecular weight excluding hydrogens is 326 g/mol. The van der Waals surface area contributed by atoms with Crippen LogP contribution in [-0.4, -0.2) is 47.9 Å². The van der Waals surface area contributed by atoms with Gasteiger partial charge in [0.1, 0.15) is 4.90 Å². The molecular formula is C16H23N5O2S. The van der Waals surface area contributed by atoms with Crippen molar-refractivity contribution in [2.75, 3.05) is 24.2 Å². The third kappa shape index (κ3) is 3.15. The van der Waals surface area contributed by atoms with E-state index in [1.165, 1.54) is 12.5 Å². The van der Waals surface area contributed by atoms with E-state index in [2.05, 4.69) is 32.0 Å². The lowest BCUT2D eigenvalue weighted by Crippen LogP contribution is -2.46. The van der Waals surface area contributed by atoms with Crippen molar-refractivity contribution in [2.24, 2.45) is 0 Å². The first-order valence-electron chi connectivity index (χ1n) is 8.00. The van der Waals surface area contributed by atoms with Crippen LogP contribution in [0.1, 0.15) is 36.8 Å². The molecule has 0 radical (unpaired) electrons. The second-order valence-corrected chi connectivity index (χ2v) is 8.90. The highest BCUT2D eigenvalue weighted by atomic mass is 32.2. The number of hydrogen-bond donors (Lipinski definition) is 1. The van der Waals surface area contributed by atoms with E-state index in [0.29, 0.717) is 18.2 Å². The lowest BCUT2D eigenvalue weighted by Gasteiger charge is -2.40. The summed E-state index contributed by atoms with van der Waals surface area (Å²) in [5.74, 6) is 0.707. The maximum atomic E-state index is 12.0. The highest BCUT2D eigenvalue weighted by Crippen LogP contribution is 2.36. The van der Waals surface area contributed by atoms with Gasteiger partial charge in [-0.15, -0.1) is 0 Å². The molecule has 3 rings (SSSR count). The summed E-state index contributed by atoms with van der Waals surface area (Å²) in [5, 5.41) is 6.90. The van der Waals surface area contributed by atoms with Crippen LogP contribution in [0.5, 0.6) is 0 Å².